The number of amides is 1. The van der Waals surface area contributed by atoms with Gasteiger partial charge in [0.1, 0.15) is 0 Å². The van der Waals surface area contributed by atoms with E-state index < -0.39 is 0 Å². The van der Waals surface area contributed by atoms with Crippen molar-refractivity contribution in [2.75, 3.05) is 31.3 Å². The number of nitrogens with zero attached hydrogens (tertiary/aromatic N) is 3. The molecular formula is C20H23ClN4O3. The molecule has 148 valence electrons. The largest absolute Gasteiger partial charge is 0.454 e. The van der Waals surface area contributed by atoms with Crippen LogP contribution in [0.15, 0.2) is 24.4 Å². The number of carbonyl (C=O) groups is 1. The number of anilines is 1. The molecule has 3 heterocycles. The van der Waals surface area contributed by atoms with E-state index in [0.29, 0.717) is 12.5 Å². The van der Waals surface area contributed by atoms with Crippen molar-refractivity contribution >= 4 is 23.5 Å². The summed E-state index contributed by atoms with van der Waals surface area (Å²) in [6.45, 7) is 6.58. The van der Waals surface area contributed by atoms with Gasteiger partial charge in [0.05, 0.1) is 11.2 Å². The molecular weight excluding hydrogens is 380 g/mol. The average molecular weight is 403 g/mol. The number of rotatable bonds is 5. The monoisotopic (exact) mass is 402 g/mol. The number of aromatic nitrogens is 2. The van der Waals surface area contributed by atoms with Crippen LogP contribution in [0.2, 0.25) is 5.02 Å². The van der Waals surface area contributed by atoms with Crippen molar-refractivity contribution in [1.82, 2.24) is 15.3 Å². The lowest BCUT2D eigenvalue weighted by molar-refractivity contribution is 0.0940. The van der Waals surface area contributed by atoms with Crippen LogP contribution >= 0.6 is 11.6 Å². The molecule has 0 unspecified atom stereocenters. The average Bonchev–Trinajstić information content (AvgIpc) is 3.37. The Labute approximate surface area is 169 Å². The maximum atomic E-state index is 12.7. The fraction of sp³-hybridized carbons (Fsp3) is 0.450. The number of hydrogen-bond acceptors (Lipinski definition) is 6. The molecule has 2 aliphatic heterocycles. The Hall–Kier alpha value is -2.54. The third-order valence-electron chi connectivity index (χ3n) is 5.18. The van der Waals surface area contributed by atoms with Crippen molar-refractivity contribution in [2.45, 2.75) is 32.1 Å². The Morgan fingerprint density at radius 1 is 1.25 bits per heavy atom. The van der Waals surface area contributed by atoms with Gasteiger partial charge in [0, 0.05) is 25.0 Å². The second-order valence-electron chi connectivity index (χ2n) is 7.70. The van der Waals surface area contributed by atoms with E-state index in [2.05, 4.69) is 34.0 Å². The van der Waals surface area contributed by atoms with E-state index >= 15 is 0 Å². The van der Waals surface area contributed by atoms with Gasteiger partial charge in [0.2, 0.25) is 12.7 Å². The number of benzene rings is 1. The standard InChI is InChI=1S/C20H23ClN4O3/c1-20(2,13-5-6-15-16(9-13)28-12-27-15)11-23-18(26)17-14(21)10-22-19(24-17)25-7-3-4-8-25/h5-6,9-10H,3-4,7-8,11-12H2,1-2H3,(H,23,26). The lowest BCUT2D eigenvalue weighted by atomic mass is 9.84. The van der Waals surface area contributed by atoms with Crippen LogP contribution in [-0.2, 0) is 5.41 Å². The van der Waals surface area contributed by atoms with E-state index in [4.69, 9.17) is 21.1 Å². The third kappa shape index (κ3) is 3.71. The van der Waals surface area contributed by atoms with E-state index in [-0.39, 0.29) is 28.8 Å². The molecule has 0 bridgehead atoms. The van der Waals surface area contributed by atoms with E-state index in [9.17, 15) is 4.79 Å². The maximum Gasteiger partial charge on any atom is 0.271 e. The van der Waals surface area contributed by atoms with Gasteiger partial charge in [0.25, 0.3) is 5.91 Å². The van der Waals surface area contributed by atoms with Crippen LogP contribution in [0.4, 0.5) is 5.95 Å². The zero-order valence-corrected chi connectivity index (χ0v) is 16.8. The second kappa shape index (κ2) is 7.47. The molecule has 28 heavy (non-hydrogen) atoms. The minimum atomic E-state index is -0.312. The molecule has 1 aromatic heterocycles. The Morgan fingerprint density at radius 2 is 2.00 bits per heavy atom. The molecule has 1 saturated heterocycles. The van der Waals surface area contributed by atoms with Crippen LogP contribution in [0, 0.1) is 0 Å². The Morgan fingerprint density at radius 3 is 2.79 bits per heavy atom. The van der Waals surface area contributed by atoms with Gasteiger partial charge in [-0.3, -0.25) is 4.79 Å². The first kappa shape index (κ1) is 18.8. The number of halogens is 1. The van der Waals surface area contributed by atoms with Crippen LogP contribution in [0.3, 0.4) is 0 Å². The van der Waals surface area contributed by atoms with Crippen molar-refractivity contribution in [2.24, 2.45) is 0 Å². The topological polar surface area (TPSA) is 76.6 Å². The Balaban J connectivity index is 1.47. The summed E-state index contributed by atoms with van der Waals surface area (Å²) in [5.41, 5.74) is 0.942. The van der Waals surface area contributed by atoms with Gasteiger partial charge in [-0.15, -0.1) is 0 Å². The number of nitrogens with one attached hydrogen (secondary N) is 1. The molecule has 1 aromatic carbocycles. The van der Waals surface area contributed by atoms with Crippen molar-refractivity contribution < 1.29 is 14.3 Å². The van der Waals surface area contributed by atoms with Gasteiger partial charge in [-0.25, -0.2) is 9.97 Å². The molecule has 4 rings (SSSR count). The van der Waals surface area contributed by atoms with Crippen molar-refractivity contribution in [3.8, 4) is 11.5 Å². The zero-order chi connectivity index (χ0) is 19.7. The van der Waals surface area contributed by atoms with Gasteiger partial charge < -0.3 is 19.7 Å². The highest BCUT2D eigenvalue weighted by atomic mass is 35.5. The van der Waals surface area contributed by atoms with E-state index in [1.165, 1.54) is 6.20 Å². The predicted octanol–water partition coefficient (Wildman–Crippen LogP) is 3.17. The summed E-state index contributed by atoms with van der Waals surface area (Å²) in [5, 5.41) is 3.21. The molecule has 0 atom stereocenters. The molecule has 0 aliphatic carbocycles. The lowest BCUT2D eigenvalue weighted by Gasteiger charge is -2.26. The third-order valence-corrected chi connectivity index (χ3v) is 5.46. The molecule has 1 fully saturated rings. The Kier molecular flexibility index (Phi) is 5.02. The first-order chi connectivity index (χ1) is 13.4. The first-order valence-electron chi connectivity index (χ1n) is 9.40. The van der Waals surface area contributed by atoms with Crippen LogP contribution in [0.1, 0.15) is 42.7 Å². The fourth-order valence-corrected chi connectivity index (χ4v) is 3.57. The van der Waals surface area contributed by atoms with Crippen molar-refractivity contribution in [3.63, 3.8) is 0 Å². The molecule has 1 N–H and O–H groups in total. The summed E-state index contributed by atoms with van der Waals surface area (Å²) < 4.78 is 10.8. The smallest absolute Gasteiger partial charge is 0.271 e. The molecule has 8 heteroatoms. The summed E-state index contributed by atoms with van der Waals surface area (Å²) in [5.74, 6) is 1.72. The normalized spacial score (nSPS) is 15.8. The molecule has 2 aromatic rings. The quantitative estimate of drug-likeness (QED) is 0.827. The second-order valence-corrected chi connectivity index (χ2v) is 8.10. The molecule has 0 radical (unpaired) electrons. The SMILES string of the molecule is CC(C)(CNC(=O)c1nc(N2CCCC2)ncc1Cl)c1ccc2c(c1)OCO2. The van der Waals surface area contributed by atoms with Crippen molar-refractivity contribution in [3.05, 3.63) is 40.7 Å². The van der Waals surface area contributed by atoms with E-state index in [0.717, 1.165) is 43.0 Å². The number of ether oxygens (including phenoxy) is 2. The molecule has 0 saturated carbocycles. The van der Waals surface area contributed by atoms with Gasteiger partial charge in [0.15, 0.2) is 17.2 Å². The summed E-state index contributed by atoms with van der Waals surface area (Å²) in [6.07, 6.45) is 3.72. The van der Waals surface area contributed by atoms with Crippen molar-refractivity contribution in [1.29, 1.82) is 0 Å². The van der Waals surface area contributed by atoms with Crippen LogP contribution in [0.5, 0.6) is 11.5 Å². The summed E-state index contributed by atoms with van der Waals surface area (Å²) in [4.78, 5) is 23.5. The van der Waals surface area contributed by atoms with Crippen LogP contribution in [0.25, 0.3) is 0 Å². The number of fused-ring (bicyclic) bond motifs is 1. The minimum absolute atomic E-state index is 0.208. The van der Waals surface area contributed by atoms with E-state index in [1.54, 1.807) is 0 Å². The molecule has 0 spiro atoms. The molecule has 1 amide bonds. The number of carbonyl (C=O) groups excluding carboxylic acids is 1. The predicted molar refractivity (Wildman–Crippen MR) is 106 cm³/mol. The highest BCUT2D eigenvalue weighted by Gasteiger charge is 2.26. The van der Waals surface area contributed by atoms with Crippen LogP contribution < -0.4 is 19.7 Å². The van der Waals surface area contributed by atoms with Crippen LogP contribution in [-0.4, -0.2) is 42.3 Å². The highest BCUT2D eigenvalue weighted by molar-refractivity contribution is 6.33. The molecule has 2 aliphatic rings. The fourth-order valence-electron chi connectivity index (χ4n) is 3.39. The first-order valence-corrected chi connectivity index (χ1v) is 9.78. The summed E-state index contributed by atoms with van der Waals surface area (Å²) >= 11 is 6.19. The van der Waals surface area contributed by atoms with Gasteiger partial charge in [-0.05, 0) is 30.5 Å². The minimum Gasteiger partial charge on any atom is -0.454 e. The Bertz CT molecular complexity index is 897. The summed E-state index contributed by atoms with van der Waals surface area (Å²) in [7, 11) is 0. The van der Waals surface area contributed by atoms with Gasteiger partial charge >= 0.3 is 0 Å². The molecule has 7 nitrogen and oxygen atoms in total. The number of hydrogen-bond donors (Lipinski definition) is 1. The van der Waals surface area contributed by atoms with E-state index in [1.807, 2.05) is 18.2 Å². The maximum absolute atomic E-state index is 12.7. The zero-order valence-electron chi connectivity index (χ0n) is 16.0. The summed E-state index contributed by atoms with van der Waals surface area (Å²) in [6, 6.07) is 5.84. The van der Waals surface area contributed by atoms with Gasteiger partial charge in [-0.1, -0.05) is 31.5 Å². The highest BCUT2D eigenvalue weighted by Crippen LogP contribution is 2.36. The van der Waals surface area contributed by atoms with Gasteiger partial charge in [-0.2, -0.15) is 0 Å². The lowest BCUT2D eigenvalue weighted by Crippen LogP contribution is -2.37.